The number of carboxylic acids is 1. The standard InChI is InChI=1S/C19H20FN3O3/c20-12-3-1-4-14(10-12)23-16-6-2-5-15(16)17(22-23)18(24)21-13-8-7-11(9-13)19(25)26/h1,3-4,10-11,13H,2,5-9H2,(H,21,24)(H,25,26)/t11-,13+/m1/s1. The van der Waals surface area contributed by atoms with E-state index in [1.54, 1.807) is 16.8 Å². The molecule has 2 aliphatic carbocycles. The lowest BCUT2D eigenvalue weighted by Crippen LogP contribution is -2.34. The zero-order chi connectivity index (χ0) is 18.3. The van der Waals surface area contributed by atoms with Crippen molar-refractivity contribution >= 4 is 11.9 Å². The first-order chi connectivity index (χ1) is 12.5. The highest BCUT2D eigenvalue weighted by molar-refractivity contribution is 5.94. The first-order valence-electron chi connectivity index (χ1n) is 8.93. The van der Waals surface area contributed by atoms with Crippen LogP contribution in [0.25, 0.3) is 5.69 Å². The van der Waals surface area contributed by atoms with Gasteiger partial charge in [-0.05, 0) is 56.7 Å². The maximum absolute atomic E-state index is 13.6. The van der Waals surface area contributed by atoms with Gasteiger partial charge in [-0.25, -0.2) is 9.07 Å². The van der Waals surface area contributed by atoms with Crippen molar-refractivity contribution < 1.29 is 19.1 Å². The number of hydrogen-bond acceptors (Lipinski definition) is 3. The Morgan fingerprint density at radius 3 is 2.85 bits per heavy atom. The van der Waals surface area contributed by atoms with E-state index in [2.05, 4.69) is 10.4 Å². The molecule has 26 heavy (non-hydrogen) atoms. The second-order valence-corrected chi connectivity index (χ2v) is 7.04. The number of carbonyl (C=O) groups excluding carboxylic acids is 1. The summed E-state index contributed by atoms with van der Waals surface area (Å²) in [4.78, 5) is 23.8. The average molecular weight is 357 g/mol. The molecule has 1 aromatic heterocycles. The molecule has 2 N–H and O–H groups in total. The molecule has 1 heterocycles. The summed E-state index contributed by atoms with van der Waals surface area (Å²) in [5, 5.41) is 16.5. The fraction of sp³-hybridized carbons (Fsp3) is 0.421. The van der Waals surface area contributed by atoms with E-state index in [0.717, 1.165) is 30.5 Å². The van der Waals surface area contributed by atoms with Crippen LogP contribution in [0, 0.1) is 11.7 Å². The third-order valence-electron chi connectivity index (χ3n) is 5.32. The highest BCUT2D eigenvalue weighted by Crippen LogP contribution is 2.29. The third-order valence-corrected chi connectivity index (χ3v) is 5.32. The number of carbonyl (C=O) groups is 2. The molecule has 1 aromatic carbocycles. The summed E-state index contributed by atoms with van der Waals surface area (Å²) in [7, 11) is 0. The second kappa shape index (κ2) is 6.55. The van der Waals surface area contributed by atoms with Crippen molar-refractivity contribution in [2.45, 2.75) is 44.6 Å². The molecule has 7 heteroatoms. The minimum Gasteiger partial charge on any atom is -0.481 e. The molecule has 136 valence electrons. The molecule has 2 aromatic rings. The van der Waals surface area contributed by atoms with Crippen LogP contribution in [0.5, 0.6) is 0 Å². The number of amides is 1. The number of nitrogens with zero attached hydrogens (tertiary/aromatic N) is 2. The average Bonchev–Trinajstić information content (AvgIpc) is 3.30. The van der Waals surface area contributed by atoms with Gasteiger partial charge in [-0.1, -0.05) is 6.07 Å². The quantitative estimate of drug-likeness (QED) is 0.880. The number of carboxylic acid groups (broad SMARTS) is 1. The van der Waals surface area contributed by atoms with Gasteiger partial charge in [0.15, 0.2) is 5.69 Å². The monoisotopic (exact) mass is 357 g/mol. The fourth-order valence-corrected chi connectivity index (χ4v) is 4.03. The summed E-state index contributed by atoms with van der Waals surface area (Å²) in [5.41, 5.74) is 2.85. The number of hydrogen-bond donors (Lipinski definition) is 2. The number of nitrogens with one attached hydrogen (secondary N) is 1. The van der Waals surface area contributed by atoms with Crippen LogP contribution >= 0.6 is 0 Å². The number of aromatic nitrogens is 2. The van der Waals surface area contributed by atoms with Crippen molar-refractivity contribution in [3.63, 3.8) is 0 Å². The smallest absolute Gasteiger partial charge is 0.306 e. The zero-order valence-corrected chi connectivity index (χ0v) is 14.2. The zero-order valence-electron chi connectivity index (χ0n) is 14.2. The van der Waals surface area contributed by atoms with Crippen molar-refractivity contribution in [1.29, 1.82) is 0 Å². The third kappa shape index (κ3) is 2.98. The van der Waals surface area contributed by atoms with Crippen molar-refractivity contribution in [2.24, 2.45) is 5.92 Å². The largest absolute Gasteiger partial charge is 0.481 e. The number of aliphatic carboxylic acids is 1. The van der Waals surface area contributed by atoms with E-state index >= 15 is 0 Å². The molecule has 0 radical (unpaired) electrons. The SMILES string of the molecule is O=C(N[C@H]1CC[C@@H](C(=O)O)C1)c1nn(-c2cccc(F)c2)c2c1CCC2. The Hall–Kier alpha value is -2.70. The Labute approximate surface area is 150 Å². The summed E-state index contributed by atoms with van der Waals surface area (Å²) < 4.78 is 15.2. The Balaban J connectivity index is 1.58. The number of halogens is 1. The van der Waals surface area contributed by atoms with Gasteiger partial charge < -0.3 is 10.4 Å². The summed E-state index contributed by atoms with van der Waals surface area (Å²) in [6, 6.07) is 6.03. The lowest BCUT2D eigenvalue weighted by molar-refractivity contribution is -0.141. The van der Waals surface area contributed by atoms with E-state index in [1.165, 1.54) is 12.1 Å². The molecular formula is C19H20FN3O3. The summed E-state index contributed by atoms with van der Waals surface area (Å²) in [5.74, 6) is -1.82. The molecule has 0 aliphatic heterocycles. The summed E-state index contributed by atoms with van der Waals surface area (Å²) in [6.45, 7) is 0. The minimum atomic E-state index is -0.807. The molecule has 2 atom stereocenters. The molecule has 4 rings (SSSR count). The molecule has 2 aliphatic rings. The van der Waals surface area contributed by atoms with Crippen LogP contribution in [-0.2, 0) is 17.6 Å². The first kappa shape index (κ1) is 16.8. The van der Waals surface area contributed by atoms with Gasteiger partial charge in [0.05, 0.1) is 11.6 Å². The van der Waals surface area contributed by atoms with E-state index < -0.39 is 11.9 Å². The fourth-order valence-electron chi connectivity index (χ4n) is 4.03. The van der Waals surface area contributed by atoms with E-state index in [1.807, 2.05) is 0 Å². The summed E-state index contributed by atoms with van der Waals surface area (Å²) in [6.07, 6.45) is 4.21. The van der Waals surface area contributed by atoms with Gasteiger partial charge in [0.1, 0.15) is 5.82 Å². The van der Waals surface area contributed by atoms with Gasteiger partial charge in [0, 0.05) is 17.3 Å². The van der Waals surface area contributed by atoms with Crippen molar-refractivity contribution in [3.05, 3.63) is 47.0 Å². The van der Waals surface area contributed by atoms with Crippen molar-refractivity contribution in [1.82, 2.24) is 15.1 Å². The van der Waals surface area contributed by atoms with Crippen molar-refractivity contribution in [3.8, 4) is 5.69 Å². The minimum absolute atomic E-state index is 0.139. The molecule has 1 saturated carbocycles. The molecule has 1 fully saturated rings. The molecule has 6 nitrogen and oxygen atoms in total. The van der Waals surface area contributed by atoms with E-state index in [-0.39, 0.29) is 17.8 Å². The van der Waals surface area contributed by atoms with Crippen LogP contribution in [0.1, 0.15) is 47.4 Å². The predicted molar refractivity (Wildman–Crippen MR) is 91.8 cm³/mol. The van der Waals surface area contributed by atoms with Gasteiger partial charge in [-0.15, -0.1) is 0 Å². The Bertz CT molecular complexity index is 877. The lowest BCUT2D eigenvalue weighted by Gasteiger charge is -2.11. The topological polar surface area (TPSA) is 84.2 Å². The number of rotatable bonds is 4. The molecule has 0 spiro atoms. The van der Waals surface area contributed by atoms with Crippen LogP contribution in [-0.4, -0.2) is 32.8 Å². The van der Waals surface area contributed by atoms with E-state index in [4.69, 9.17) is 5.11 Å². The predicted octanol–water partition coefficient (Wildman–Crippen LogP) is 2.48. The second-order valence-electron chi connectivity index (χ2n) is 7.04. The van der Waals surface area contributed by atoms with Gasteiger partial charge in [-0.3, -0.25) is 9.59 Å². The molecule has 0 bridgehead atoms. The van der Waals surface area contributed by atoms with Crippen LogP contribution < -0.4 is 5.32 Å². The Morgan fingerprint density at radius 2 is 2.12 bits per heavy atom. The lowest BCUT2D eigenvalue weighted by atomic mass is 10.1. The molecular weight excluding hydrogens is 337 g/mol. The molecule has 0 saturated heterocycles. The van der Waals surface area contributed by atoms with Gasteiger partial charge >= 0.3 is 5.97 Å². The normalized spacial score (nSPS) is 21.6. The number of fused-ring (bicyclic) bond motifs is 1. The maximum atomic E-state index is 13.6. The van der Waals surface area contributed by atoms with Crippen LogP contribution in [0.15, 0.2) is 24.3 Å². The Kier molecular flexibility index (Phi) is 4.22. The van der Waals surface area contributed by atoms with E-state index in [0.29, 0.717) is 30.6 Å². The highest BCUT2D eigenvalue weighted by atomic mass is 19.1. The van der Waals surface area contributed by atoms with Crippen LogP contribution in [0.4, 0.5) is 4.39 Å². The van der Waals surface area contributed by atoms with Gasteiger partial charge in [0.25, 0.3) is 5.91 Å². The summed E-state index contributed by atoms with van der Waals surface area (Å²) >= 11 is 0. The van der Waals surface area contributed by atoms with Crippen LogP contribution in [0.3, 0.4) is 0 Å². The Morgan fingerprint density at radius 1 is 1.27 bits per heavy atom. The van der Waals surface area contributed by atoms with Gasteiger partial charge in [0.2, 0.25) is 0 Å². The number of benzene rings is 1. The van der Waals surface area contributed by atoms with Crippen LogP contribution in [0.2, 0.25) is 0 Å². The maximum Gasteiger partial charge on any atom is 0.306 e. The van der Waals surface area contributed by atoms with Gasteiger partial charge in [-0.2, -0.15) is 5.10 Å². The molecule has 0 unspecified atom stereocenters. The molecule has 1 amide bonds. The highest BCUT2D eigenvalue weighted by Gasteiger charge is 2.33. The van der Waals surface area contributed by atoms with Crippen molar-refractivity contribution in [2.75, 3.05) is 0 Å². The first-order valence-corrected chi connectivity index (χ1v) is 8.93. The van der Waals surface area contributed by atoms with E-state index in [9.17, 15) is 14.0 Å².